The van der Waals surface area contributed by atoms with Crippen LogP contribution in [0.5, 0.6) is 23.0 Å². The lowest BCUT2D eigenvalue weighted by Gasteiger charge is -2.31. The zero-order valence-corrected chi connectivity index (χ0v) is 18.2. The summed E-state index contributed by atoms with van der Waals surface area (Å²) in [5.41, 5.74) is 0.637. The minimum absolute atomic E-state index is 0.137. The molecule has 1 amide bonds. The molecule has 0 aliphatic carbocycles. The summed E-state index contributed by atoms with van der Waals surface area (Å²) in [6.45, 7) is 3.03. The van der Waals surface area contributed by atoms with Gasteiger partial charge in [0.2, 0.25) is 16.8 Å². The number of quaternary nitrogens is 1. The predicted molar refractivity (Wildman–Crippen MR) is 113 cm³/mol. The summed E-state index contributed by atoms with van der Waals surface area (Å²) in [7, 11) is -3.64. The van der Waals surface area contributed by atoms with Crippen LogP contribution in [0, 0.1) is 0 Å². The monoisotopic (exact) mass is 462 g/mol. The van der Waals surface area contributed by atoms with E-state index in [-0.39, 0.29) is 24.1 Å². The van der Waals surface area contributed by atoms with Crippen molar-refractivity contribution in [2.75, 3.05) is 58.0 Å². The van der Waals surface area contributed by atoms with Gasteiger partial charge >= 0.3 is 0 Å². The maximum atomic E-state index is 13.1. The lowest BCUT2D eigenvalue weighted by molar-refractivity contribution is -0.895. The Balaban J connectivity index is 1.16. The molecule has 0 radical (unpaired) electrons. The van der Waals surface area contributed by atoms with Gasteiger partial charge < -0.3 is 29.2 Å². The SMILES string of the molecule is O=C(C[NH+]1CCN(S(=O)(=O)c2ccc3c(c2)OCCO3)CC1)Nc1ccc2c(c1)OCO2. The number of rotatable bonds is 5. The number of carbonyl (C=O) groups is 1. The highest BCUT2D eigenvalue weighted by molar-refractivity contribution is 7.89. The van der Waals surface area contributed by atoms with E-state index in [2.05, 4.69) is 5.32 Å². The summed E-state index contributed by atoms with van der Waals surface area (Å²) >= 11 is 0. The van der Waals surface area contributed by atoms with Crippen molar-refractivity contribution in [3.8, 4) is 23.0 Å². The number of hydrogen-bond acceptors (Lipinski definition) is 7. The van der Waals surface area contributed by atoms with Crippen molar-refractivity contribution in [3.63, 3.8) is 0 Å². The van der Waals surface area contributed by atoms with Crippen molar-refractivity contribution in [1.29, 1.82) is 0 Å². The lowest BCUT2D eigenvalue weighted by atomic mass is 10.2. The molecule has 11 heteroatoms. The standard InChI is InChI=1S/C21H23N3O7S/c25-21(22-15-1-3-18-19(11-15)31-14-30-18)13-23-5-7-24(8-6-23)32(26,27)16-2-4-17-20(12-16)29-10-9-28-17/h1-4,11-12H,5-10,13-14H2,(H,22,25)/p+1. The molecule has 0 bridgehead atoms. The molecule has 5 rings (SSSR count). The van der Waals surface area contributed by atoms with Gasteiger partial charge in [-0.15, -0.1) is 0 Å². The molecule has 2 aromatic carbocycles. The van der Waals surface area contributed by atoms with Crippen LogP contribution in [0.1, 0.15) is 0 Å². The molecule has 2 aromatic rings. The van der Waals surface area contributed by atoms with Crippen LogP contribution < -0.4 is 29.2 Å². The summed E-state index contributed by atoms with van der Waals surface area (Å²) < 4.78 is 49.1. The number of nitrogens with one attached hydrogen (secondary N) is 2. The van der Waals surface area contributed by atoms with E-state index in [4.69, 9.17) is 18.9 Å². The zero-order chi connectivity index (χ0) is 22.1. The Hall–Kier alpha value is -3.02. The summed E-state index contributed by atoms with van der Waals surface area (Å²) in [6, 6.07) is 9.93. The molecule has 0 spiro atoms. The first-order chi connectivity index (χ1) is 15.5. The van der Waals surface area contributed by atoms with Crippen LogP contribution in [0.3, 0.4) is 0 Å². The highest BCUT2D eigenvalue weighted by Gasteiger charge is 2.32. The number of nitrogens with zero attached hydrogens (tertiary/aromatic N) is 1. The number of amides is 1. The molecule has 3 aliphatic heterocycles. The van der Waals surface area contributed by atoms with Gasteiger partial charge in [0.15, 0.2) is 29.5 Å². The summed E-state index contributed by atoms with van der Waals surface area (Å²) in [5.74, 6) is 2.12. The Morgan fingerprint density at radius 1 is 0.906 bits per heavy atom. The lowest BCUT2D eigenvalue weighted by Crippen LogP contribution is -3.15. The normalized spacial score (nSPS) is 18.4. The number of fused-ring (bicyclic) bond motifs is 2. The highest BCUT2D eigenvalue weighted by atomic mass is 32.2. The number of carbonyl (C=O) groups excluding carboxylic acids is 1. The second-order valence-electron chi connectivity index (χ2n) is 7.75. The maximum absolute atomic E-state index is 13.1. The number of hydrogen-bond donors (Lipinski definition) is 2. The van der Waals surface area contributed by atoms with E-state index in [1.54, 1.807) is 30.3 Å². The predicted octanol–water partition coefficient (Wildman–Crippen LogP) is -0.286. The molecule has 0 saturated carbocycles. The zero-order valence-electron chi connectivity index (χ0n) is 17.3. The molecule has 10 nitrogen and oxygen atoms in total. The molecule has 3 heterocycles. The largest absolute Gasteiger partial charge is 0.486 e. The van der Waals surface area contributed by atoms with E-state index in [0.29, 0.717) is 68.1 Å². The van der Waals surface area contributed by atoms with Crippen molar-refractivity contribution >= 4 is 21.6 Å². The maximum Gasteiger partial charge on any atom is 0.279 e. The van der Waals surface area contributed by atoms with Gasteiger partial charge in [-0.1, -0.05) is 0 Å². The molecule has 0 atom stereocenters. The van der Waals surface area contributed by atoms with Gasteiger partial charge in [-0.25, -0.2) is 8.42 Å². The molecular weight excluding hydrogens is 438 g/mol. The van der Waals surface area contributed by atoms with Crippen molar-refractivity contribution in [2.45, 2.75) is 4.90 Å². The van der Waals surface area contributed by atoms with Crippen molar-refractivity contribution in [3.05, 3.63) is 36.4 Å². The first-order valence-electron chi connectivity index (χ1n) is 10.4. The van der Waals surface area contributed by atoms with Crippen molar-refractivity contribution in [1.82, 2.24) is 4.31 Å². The Bertz CT molecular complexity index is 1130. The number of anilines is 1. The quantitative estimate of drug-likeness (QED) is 0.629. The summed E-state index contributed by atoms with van der Waals surface area (Å²) in [5, 5.41) is 2.86. The van der Waals surface area contributed by atoms with Crippen LogP contribution >= 0.6 is 0 Å². The van der Waals surface area contributed by atoms with Crippen LogP contribution in [0.2, 0.25) is 0 Å². The molecule has 1 saturated heterocycles. The topological polar surface area (TPSA) is 108 Å². The fourth-order valence-corrected chi connectivity index (χ4v) is 5.42. The number of sulfonamides is 1. The Kier molecular flexibility index (Phi) is 5.53. The second kappa shape index (κ2) is 8.49. The summed E-state index contributed by atoms with van der Waals surface area (Å²) in [6.07, 6.45) is 0. The molecule has 3 aliphatic rings. The van der Waals surface area contributed by atoms with Crippen LogP contribution in [0.25, 0.3) is 0 Å². The molecule has 170 valence electrons. The Morgan fingerprint density at radius 2 is 1.56 bits per heavy atom. The van der Waals surface area contributed by atoms with E-state index < -0.39 is 10.0 Å². The van der Waals surface area contributed by atoms with Crippen LogP contribution in [-0.4, -0.2) is 71.4 Å². The Labute approximate surface area is 185 Å². The molecule has 1 fully saturated rings. The van der Waals surface area contributed by atoms with Gasteiger partial charge in [0.05, 0.1) is 31.1 Å². The fraction of sp³-hybridized carbons (Fsp3) is 0.381. The minimum Gasteiger partial charge on any atom is -0.486 e. The molecule has 2 N–H and O–H groups in total. The van der Waals surface area contributed by atoms with Gasteiger partial charge in [0.25, 0.3) is 5.91 Å². The molecule has 0 aromatic heterocycles. The third-order valence-electron chi connectivity index (χ3n) is 5.65. The third-order valence-corrected chi connectivity index (χ3v) is 7.54. The van der Waals surface area contributed by atoms with Gasteiger partial charge in [-0.3, -0.25) is 4.79 Å². The Morgan fingerprint density at radius 3 is 2.38 bits per heavy atom. The van der Waals surface area contributed by atoms with E-state index in [0.717, 1.165) is 4.90 Å². The number of ether oxygens (including phenoxy) is 4. The minimum atomic E-state index is -3.64. The smallest absolute Gasteiger partial charge is 0.279 e. The fourth-order valence-electron chi connectivity index (χ4n) is 3.96. The third kappa shape index (κ3) is 4.18. The molecule has 0 unspecified atom stereocenters. The van der Waals surface area contributed by atoms with Crippen LogP contribution in [0.15, 0.2) is 41.3 Å². The van der Waals surface area contributed by atoms with E-state index in [1.807, 2.05) is 0 Å². The van der Waals surface area contributed by atoms with Gasteiger partial charge in [-0.2, -0.15) is 4.31 Å². The van der Waals surface area contributed by atoms with E-state index in [9.17, 15) is 13.2 Å². The van der Waals surface area contributed by atoms with Crippen molar-refractivity contribution < 1.29 is 37.1 Å². The van der Waals surface area contributed by atoms with Gasteiger partial charge in [0, 0.05) is 17.8 Å². The first-order valence-corrected chi connectivity index (χ1v) is 11.9. The summed E-state index contributed by atoms with van der Waals surface area (Å²) in [4.78, 5) is 13.7. The highest BCUT2D eigenvalue weighted by Crippen LogP contribution is 2.34. The van der Waals surface area contributed by atoms with Crippen LogP contribution in [0.4, 0.5) is 5.69 Å². The van der Waals surface area contributed by atoms with Crippen molar-refractivity contribution in [2.24, 2.45) is 0 Å². The number of piperazine rings is 1. The average molecular weight is 463 g/mol. The molecular formula is C21H24N3O7S+. The first kappa shape index (κ1) is 20.9. The van der Waals surface area contributed by atoms with Crippen LogP contribution in [-0.2, 0) is 14.8 Å². The molecule has 32 heavy (non-hydrogen) atoms. The van der Waals surface area contributed by atoms with E-state index in [1.165, 1.54) is 10.4 Å². The van der Waals surface area contributed by atoms with Gasteiger partial charge in [-0.05, 0) is 24.3 Å². The number of benzene rings is 2. The second-order valence-corrected chi connectivity index (χ2v) is 9.69. The average Bonchev–Trinajstić information content (AvgIpc) is 3.27. The van der Waals surface area contributed by atoms with E-state index >= 15 is 0 Å². The van der Waals surface area contributed by atoms with Gasteiger partial charge in [0.1, 0.15) is 13.2 Å².